The number of nitrogens with two attached hydrogens (primary N) is 1. The van der Waals surface area contributed by atoms with E-state index < -0.39 is 11.5 Å². The third kappa shape index (κ3) is 2.21. The van der Waals surface area contributed by atoms with Gasteiger partial charge in [0.25, 0.3) is 0 Å². The van der Waals surface area contributed by atoms with Crippen LogP contribution in [0, 0.1) is 46.3 Å². The molecule has 2 aromatic rings. The first kappa shape index (κ1) is 16.1. The highest BCUT2D eigenvalue weighted by molar-refractivity contribution is 5.69. The molecule has 5 heteroatoms. The third-order valence-corrected chi connectivity index (χ3v) is 4.53. The highest BCUT2D eigenvalue weighted by Crippen LogP contribution is 2.52. The molecule has 2 N–H and O–H groups in total. The Balaban J connectivity index is 2.35. The normalized spacial score (nSPS) is 18.3. The predicted octanol–water partition coefficient (Wildman–Crippen LogP) is 3.28. The second-order valence-corrected chi connectivity index (χ2v) is 5.87. The van der Waals surface area contributed by atoms with Crippen LogP contribution >= 0.6 is 0 Å². The van der Waals surface area contributed by atoms with Crippen LogP contribution in [0.2, 0.25) is 0 Å². The first-order valence-electron chi connectivity index (χ1n) is 7.73. The summed E-state index contributed by atoms with van der Waals surface area (Å²) in [4.78, 5) is 1.73. The van der Waals surface area contributed by atoms with Gasteiger partial charge in [-0.1, -0.05) is 48.5 Å². The van der Waals surface area contributed by atoms with Crippen molar-refractivity contribution in [3.05, 3.63) is 77.1 Å². The fraction of sp³-hybridized carbons (Fsp3) is 0.150. The van der Waals surface area contributed by atoms with E-state index in [9.17, 15) is 15.8 Å². The molecule has 2 aromatic carbocycles. The van der Waals surface area contributed by atoms with Crippen LogP contribution in [-0.4, -0.2) is 0 Å². The van der Waals surface area contributed by atoms with E-state index in [2.05, 4.69) is 12.1 Å². The second-order valence-electron chi connectivity index (χ2n) is 5.87. The number of nitriles is 3. The molecule has 0 spiro atoms. The lowest BCUT2D eigenvalue weighted by molar-refractivity contribution is 0.521. The smallest absolute Gasteiger partial charge is 0.206 e. The molecule has 0 saturated carbocycles. The zero-order chi connectivity index (χ0) is 18.0. The Hall–Kier alpha value is -3.75. The fourth-order valence-corrected chi connectivity index (χ4v) is 3.33. The van der Waals surface area contributed by atoms with Crippen LogP contribution in [0.4, 0.5) is 5.69 Å². The quantitative estimate of drug-likeness (QED) is 0.913. The van der Waals surface area contributed by atoms with Gasteiger partial charge in [-0.05, 0) is 24.1 Å². The summed E-state index contributed by atoms with van der Waals surface area (Å²) in [6, 6.07) is 22.2. The van der Waals surface area contributed by atoms with Gasteiger partial charge in [-0.3, -0.25) is 0 Å². The van der Waals surface area contributed by atoms with Gasteiger partial charge in [0.05, 0.1) is 18.2 Å². The van der Waals surface area contributed by atoms with E-state index in [0.29, 0.717) is 0 Å². The van der Waals surface area contributed by atoms with E-state index in [0.717, 1.165) is 16.8 Å². The monoisotopic (exact) mass is 325 g/mol. The fourth-order valence-electron chi connectivity index (χ4n) is 3.33. The SMILES string of the molecule is Cc1ccccc1N1C(N)=C(C#N)C(C#N)(C#N)C1c1ccccc1. The zero-order valence-electron chi connectivity index (χ0n) is 13.6. The van der Waals surface area contributed by atoms with Crippen LogP contribution in [0.15, 0.2) is 66.0 Å². The molecule has 0 fully saturated rings. The molecular formula is C20H15N5. The van der Waals surface area contributed by atoms with Crippen molar-refractivity contribution in [2.75, 3.05) is 4.90 Å². The minimum absolute atomic E-state index is 0.00499. The Morgan fingerprint density at radius 2 is 1.56 bits per heavy atom. The van der Waals surface area contributed by atoms with Gasteiger partial charge >= 0.3 is 0 Å². The highest BCUT2D eigenvalue weighted by Gasteiger charge is 2.55. The lowest BCUT2D eigenvalue weighted by Gasteiger charge is -2.33. The van der Waals surface area contributed by atoms with Crippen molar-refractivity contribution in [1.29, 1.82) is 15.8 Å². The van der Waals surface area contributed by atoms with E-state index >= 15 is 0 Å². The number of anilines is 1. The average molecular weight is 325 g/mol. The number of hydrogen-bond acceptors (Lipinski definition) is 5. The number of para-hydroxylation sites is 1. The van der Waals surface area contributed by atoms with E-state index in [1.807, 2.05) is 67.6 Å². The minimum atomic E-state index is -1.66. The molecule has 1 aliphatic heterocycles. The standard InChI is InChI=1S/C20H15N5/c1-14-7-5-6-10-17(14)25-18(15-8-3-2-4-9-15)20(12-22,13-23)16(11-21)19(25)24/h2-10,18H,24H2,1H3. The molecule has 0 aromatic heterocycles. The van der Waals surface area contributed by atoms with Crippen LogP contribution in [0.25, 0.3) is 0 Å². The van der Waals surface area contributed by atoms with Crippen molar-refractivity contribution in [3.63, 3.8) is 0 Å². The number of nitrogens with zero attached hydrogens (tertiary/aromatic N) is 4. The van der Waals surface area contributed by atoms with Gasteiger partial charge < -0.3 is 10.6 Å². The average Bonchev–Trinajstić information content (AvgIpc) is 2.91. The van der Waals surface area contributed by atoms with E-state index in [-0.39, 0.29) is 11.4 Å². The molecule has 120 valence electrons. The molecular weight excluding hydrogens is 310 g/mol. The van der Waals surface area contributed by atoms with E-state index in [1.54, 1.807) is 4.90 Å². The van der Waals surface area contributed by atoms with Gasteiger partial charge in [0.15, 0.2) is 0 Å². The van der Waals surface area contributed by atoms with Crippen LogP contribution in [-0.2, 0) is 0 Å². The van der Waals surface area contributed by atoms with Crippen molar-refractivity contribution in [2.45, 2.75) is 13.0 Å². The highest BCUT2D eigenvalue weighted by atomic mass is 15.3. The minimum Gasteiger partial charge on any atom is -0.384 e. The molecule has 1 heterocycles. The van der Waals surface area contributed by atoms with Crippen molar-refractivity contribution in [2.24, 2.45) is 11.1 Å². The predicted molar refractivity (Wildman–Crippen MR) is 93.3 cm³/mol. The number of aryl methyl sites for hydroxylation is 1. The Labute approximate surface area is 146 Å². The topological polar surface area (TPSA) is 101 Å². The van der Waals surface area contributed by atoms with Crippen molar-refractivity contribution in [1.82, 2.24) is 0 Å². The van der Waals surface area contributed by atoms with Crippen LogP contribution in [0.5, 0.6) is 0 Å². The van der Waals surface area contributed by atoms with Gasteiger partial charge in [-0.25, -0.2) is 0 Å². The molecule has 0 radical (unpaired) electrons. The van der Waals surface area contributed by atoms with Gasteiger partial charge in [-0.2, -0.15) is 15.8 Å². The first-order chi connectivity index (χ1) is 12.1. The summed E-state index contributed by atoms with van der Waals surface area (Å²) < 4.78 is 0. The van der Waals surface area contributed by atoms with Crippen LogP contribution in [0.1, 0.15) is 17.2 Å². The first-order valence-corrected chi connectivity index (χ1v) is 7.73. The maximum atomic E-state index is 9.86. The number of rotatable bonds is 2. The molecule has 5 nitrogen and oxygen atoms in total. The number of benzene rings is 2. The molecule has 25 heavy (non-hydrogen) atoms. The van der Waals surface area contributed by atoms with Gasteiger partial charge in [-0.15, -0.1) is 0 Å². The molecule has 1 unspecified atom stereocenters. The summed E-state index contributed by atoms with van der Waals surface area (Å²) in [7, 11) is 0. The Morgan fingerprint density at radius 1 is 0.960 bits per heavy atom. The van der Waals surface area contributed by atoms with Gasteiger partial charge in [0.2, 0.25) is 5.41 Å². The second kappa shape index (κ2) is 6.04. The Kier molecular flexibility index (Phi) is 3.89. The molecule has 0 aliphatic carbocycles. The number of hydrogen-bond donors (Lipinski definition) is 1. The van der Waals surface area contributed by atoms with Gasteiger partial charge in [0.1, 0.15) is 17.5 Å². The lowest BCUT2D eigenvalue weighted by atomic mass is 9.76. The molecule has 0 bridgehead atoms. The Morgan fingerprint density at radius 3 is 2.12 bits per heavy atom. The molecule has 3 rings (SSSR count). The Bertz CT molecular complexity index is 956. The summed E-state index contributed by atoms with van der Waals surface area (Å²) in [5.74, 6) is 0.147. The van der Waals surface area contributed by atoms with Crippen LogP contribution < -0.4 is 10.6 Å². The zero-order valence-corrected chi connectivity index (χ0v) is 13.6. The van der Waals surface area contributed by atoms with Crippen molar-refractivity contribution >= 4 is 5.69 Å². The largest absolute Gasteiger partial charge is 0.384 e. The van der Waals surface area contributed by atoms with E-state index in [4.69, 9.17) is 5.73 Å². The van der Waals surface area contributed by atoms with Gasteiger partial charge in [0, 0.05) is 5.69 Å². The summed E-state index contributed by atoms with van der Waals surface area (Å²) >= 11 is 0. The maximum absolute atomic E-state index is 9.86. The summed E-state index contributed by atoms with van der Waals surface area (Å²) in [6.45, 7) is 1.93. The van der Waals surface area contributed by atoms with Crippen LogP contribution in [0.3, 0.4) is 0 Å². The third-order valence-electron chi connectivity index (χ3n) is 4.53. The van der Waals surface area contributed by atoms with Crippen molar-refractivity contribution in [3.8, 4) is 18.2 Å². The molecule has 1 atom stereocenters. The molecule has 0 amide bonds. The summed E-state index contributed by atoms with van der Waals surface area (Å²) in [5.41, 5.74) is 7.07. The van der Waals surface area contributed by atoms with E-state index in [1.165, 1.54) is 0 Å². The summed E-state index contributed by atoms with van der Waals surface area (Å²) in [5, 5.41) is 29.3. The molecule has 1 aliphatic rings. The lowest BCUT2D eigenvalue weighted by Crippen LogP contribution is -2.34. The van der Waals surface area contributed by atoms with Crippen molar-refractivity contribution < 1.29 is 0 Å². The molecule has 0 saturated heterocycles. The maximum Gasteiger partial charge on any atom is 0.206 e. The summed E-state index contributed by atoms with van der Waals surface area (Å²) in [6.07, 6.45) is 0.